The van der Waals surface area contributed by atoms with Gasteiger partial charge in [0, 0.05) is 17.4 Å². The van der Waals surface area contributed by atoms with E-state index in [1.807, 2.05) is 65.6 Å². The van der Waals surface area contributed by atoms with Crippen LogP contribution >= 0.6 is 23.2 Å². The predicted molar refractivity (Wildman–Crippen MR) is 97.8 cm³/mol. The molecule has 0 aromatic heterocycles. The number of nitro groups is 1. The van der Waals surface area contributed by atoms with Crippen LogP contribution in [0.1, 0.15) is 0 Å². The fraction of sp³-hybridized carbons (Fsp3) is 0. The third kappa shape index (κ3) is 3.20. The summed E-state index contributed by atoms with van der Waals surface area (Å²) in [5.41, 5.74) is 1.97. The van der Waals surface area contributed by atoms with Gasteiger partial charge in [0.15, 0.2) is 0 Å². The topological polar surface area (TPSA) is 46.4 Å². The molecule has 24 heavy (non-hydrogen) atoms. The Bertz CT molecular complexity index is 831. The summed E-state index contributed by atoms with van der Waals surface area (Å²) in [7, 11) is 0. The fourth-order valence-corrected chi connectivity index (χ4v) is 2.96. The van der Waals surface area contributed by atoms with E-state index in [0.717, 1.165) is 11.4 Å². The molecule has 0 spiro atoms. The average Bonchev–Trinajstić information content (AvgIpc) is 2.58. The van der Waals surface area contributed by atoms with Gasteiger partial charge in [0.2, 0.25) is 0 Å². The molecule has 3 aromatic rings. The first-order chi connectivity index (χ1) is 11.6. The monoisotopic (exact) mass is 358 g/mol. The van der Waals surface area contributed by atoms with Crippen LogP contribution in [0.4, 0.5) is 22.7 Å². The van der Waals surface area contributed by atoms with Gasteiger partial charge in [-0.05, 0) is 30.3 Å². The van der Waals surface area contributed by atoms with Crippen molar-refractivity contribution >= 4 is 46.0 Å². The van der Waals surface area contributed by atoms with E-state index in [2.05, 4.69) is 0 Å². The van der Waals surface area contributed by atoms with E-state index < -0.39 is 4.92 Å². The van der Waals surface area contributed by atoms with Gasteiger partial charge in [0.1, 0.15) is 5.02 Å². The Hall–Kier alpha value is -2.56. The third-order valence-corrected chi connectivity index (χ3v) is 4.09. The van der Waals surface area contributed by atoms with Crippen molar-refractivity contribution < 1.29 is 4.92 Å². The number of benzene rings is 3. The average molecular weight is 359 g/mol. The maximum atomic E-state index is 11.2. The molecule has 0 heterocycles. The van der Waals surface area contributed by atoms with Gasteiger partial charge < -0.3 is 4.90 Å². The SMILES string of the molecule is O=[N+]([O-])c1cc(N(c2ccccc2)c2ccccc2)c(Cl)cc1Cl. The quantitative estimate of drug-likeness (QED) is 0.402. The summed E-state index contributed by atoms with van der Waals surface area (Å²) in [4.78, 5) is 12.6. The molecule has 0 N–H and O–H groups in total. The van der Waals surface area contributed by atoms with Gasteiger partial charge >= 0.3 is 0 Å². The zero-order valence-electron chi connectivity index (χ0n) is 12.4. The number of nitrogens with zero attached hydrogens (tertiary/aromatic N) is 2. The van der Waals surface area contributed by atoms with Crippen molar-refractivity contribution in [3.63, 3.8) is 0 Å². The maximum Gasteiger partial charge on any atom is 0.290 e. The summed E-state index contributed by atoms with van der Waals surface area (Å²) in [6.45, 7) is 0. The molecular weight excluding hydrogens is 347 g/mol. The molecule has 0 aliphatic carbocycles. The van der Waals surface area contributed by atoms with Gasteiger partial charge in [0.05, 0.1) is 15.6 Å². The van der Waals surface area contributed by atoms with Crippen molar-refractivity contribution in [3.8, 4) is 0 Å². The smallest absolute Gasteiger partial charge is 0.290 e. The van der Waals surface area contributed by atoms with Crippen molar-refractivity contribution in [3.05, 3.63) is 93.0 Å². The third-order valence-electron chi connectivity index (χ3n) is 3.48. The zero-order chi connectivity index (χ0) is 17.1. The highest BCUT2D eigenvalue weighted by Gasteiger charge is 2.21. The van der Waals surface area contributed by atoms with Crippen LogP contribution in [0.2, 0.25) is 10.0 Å². The van der Waals surface area contributed by atoms with Crippen LogP contribution in [0.25, 0.3) is 0 Å². The van der Waals surface area contributed by atoms with E-state index >= 15 is 0 Å². The van der Waals surface area contributed by atoms with E-state index in [1.165, 1.54) is 12.1 Å². The molecule has 0 radical (unpaired) electrons. The Balaban J connectivity index is 2.24. The molecule has 0 bridgehead atoms. The Labute approximate surface area is 149 Å². The number of hydrogen-bond donors (Lipinski definition) is 0. The lowest BCUT2D eigenvalue weighted by atomic mass is 10.2. The molecule has 3 aromatic carbocycles. The van der Waals surface area contributed by atoms with E-state index in [4.69, 9.17) is 23.2 Å². The summed E-state index contributed by atoms with van der Waals surface area (Å²) in [6, 6.07) is 21.8. The minimum Gasteiger partial charge on any atom is -0.309 e. The Morgan fingerprint density at radius 1 is 0.792 bits per heavy atom. The first kappa shape index (κ1) is 16.3. The molecule has 120 valence electrons. The lowest BCUT2D eigenvalue weighted by molar-refractivity contribution is -0.384. The van der Waals surface area contributed by atoms with Crippen LogP contribution in [-0.4, -0.2) is 4.92 Å². The van der Waals surface area contributed by atoms with E-state index in [-0.39, 0.29) is 10.7 Å². The second-order valence-electron chi connectivity index (χ2n) is 5.02. The molecule has 6 heteroatoms. The molecule has 0 aliphatic rings. The first-order valence-electron chi connectivity index (χ1n) is 7.11. The van der Waals surface area contributed by atoms with Gasteiger partial charge in [0.25, 0.3) is 5.69 Å². The summed E-state index contributed by atoms with van der Waals surface area (Å²) >= 11 is 12.3. The summed E-state index contributed by atoms with van der Waals surface area (Å²) in [5, 5.41) is 11.6. The lowest BCUT2D eigenvalue weighted by Crippen LogP contribution is -2.10. The molecule has 4 nitrogen and oxygen atoms in total. The molecule has 0 fully saturated rings. The van der Waals surface area contributed by atoms with Crippen LogP contribution < -0.4 is 4.90 Å². The number of hydrogen-bond acceptors (Lipinski definition) is 3. The van der Waals surface area contributed by atoms with Crippen LogP contribution in [0.15, 0.2) is 72.8 Å². The zero-order valence-corrected chi connectivity index (χ0v) is 13.9. The van der Waals surface area contributed by atoms with Gasteiger partial charge in [-0.2, -0.15) is 0 Å². The van der Waals surface area contributed by atoms with Gasteiger partial charge in [-0.25, -0.2) is 0 Å². The number of halogens is 2. The summed E-state index contributed by atoms with van der Waals surface area (Å²) in [6.07, 6.45) is 0. The van der Waals surface area contributed by atoms with Crippen molar-refractivity contribution in [2.75, 3.05) is 4.90 Å². The number of para-hydroxylation sites is 2. The lowest BCUT2D eigenvalue weighted by Gasteiger charge is -2.26. The van der Waals surface area contributed by atoms with Crippen LogP contribution in [0, 0.1) is 10.1 Å². The van der Waals surface area contributed by atoms with Crippen LogP contribution in [0.3, 0.4) is 0 Å². The van der Waals surface area contributed by atoms with Crippen molar-refractivity contribution in [1.82, 2.24) is 0 Å². The number of rotatable bonds is 4. The number of anilines is 3. The Kier molecular flexibility index (Phi) is 4.69. The molecule has 0 amide bonds. The van der Waals surface area contributed by atoms with Gasteiger partial charge in [-0.15, -0.1) is 0 Å². The van der Waals surface area contributed by atoms with E-state index in [1.54, 1.807) is 0 Å². The first-order valence-corrected chi connectivity index (χ1v) is 7.87. The van der Waals surface area contributed by atoms with E-state index in [0.29, 0.717) is 10.7 Å². The predicted octanol–water partition coefficient (Wildman–Crippen LogP) is 6.37. The van der Waals surface area contributed by atoms with Crippen LogP contribution in [0.5, 0.6) is 0 Å². The summed E-state index contributed by atoms with van der Waals surface area (Å²) < 4.78 is 0. The Morgan fingerprint density at radius 2 is 1.29 bits per heavy atom. The largest absolute Gasteiger partial charge is 0.309 e. The van der Waals surface area contributed by atoms with Crippen molar-refractivity contribution in [2.45, 2.75) is 0 Å². The molecule has 3 rings (SSSR count). The number of nitro benzene ring substituents is 1. The van der Waals surface area contributed by atoms with Crippen molar-refractivity contribution in [2.24, 2.45) is 0 Å². The molecule has 0 unspecified atom stereocenters. The second-order valence-corrected chi connectivity index (χ2v) is 5.83. The fourth-order valence-electron chi connectivity index (χ4n) is 2.42. The molecule has 0 aliphatic heterocycles. The normalized spacial score (nSPS) is 10.4. The van der Waals surface area contributed by atoms with Gasteiger partial charge in [-0.1, -0.05) is 59.6 Å². The second kappa shape index (κ2) is 6.91. The van der Waals surface area contributed by atoms with Crippen LogP contribution in [-0.2, 0) is 0 Å². The summed E-state index contributed by atoms with van der Waals surface area (Å²) in [5.74, 6) is 0. The van der Waals surface area contributed by atoms with Gasteiger partial charge in [-0.3, -0.25) is 10.1 Å². The minimum atomic E-state index is -0.518. The van der Waals surface area contributed by atoms with E-state index in [9.17, 15) is 10.1 Å². The van der Waals surface area contributed by atoms with Crippen molar-refractivity contribution in [1.29, 1.82) is 0 Å². The Morgan fingerprint density at radius 3 is 1.75 bits per heavy atom. The minimum absolute atomic E-state index is 0.00910. The highest BCUT2D eigenvalue weighted by Crippen LogP contribution is 2.42. The highest BCUT2D eigenvalue weighted by molar-refractivity contribution is 6.37. The molecule has 0 atom stereocenters. The molecular formula is C18H12Cl2N2O2. The maximum absolute atomic E-state index is 11.2. The highest BCUT2D eigenvalue weighted by atomic mass is 35.5. The molecule has 0 saturated heterocycles. The molecule has 0 saturated carbocycles. The standard InChI is InChI=1S/C18H12Cl2N2O2/c19-15-11-16(20)18(22(23)24)12-17(15)21(13-7-3-1-4-8-13)14-9-5-2-6-10-14/h1-12H.